The summed E-state index contributed by atoms with van der Waals surface area (Å²) < 4.78 is 4.78. The highest BCUT2D eigenvalue weighted by atomic mass is 16.5. The molecule has 0 N–H and O–H groups in total. The standard InChI is InChI=1S/C19H28O2/c1-7-13(2)17-8-10-18(11-9-17)15(4)12-14(3)16(5)19(20)21-6/h8-11,13,15H,7,12H2,1-6H3/b16-14-. The molecule has 0 aliphatic rings. The lowest BCUT2D eigenvalue weighted by Gasteiger charge is -2.16. The van der Waals surface area contributed by atoms with Crippen molar-refractivity contribution in [2.24, 2.45) is 0 Å². The van der Waals surface area contributed by atoms with E-state index in [-0.39, 0.29) is 5.97 Å². The van der Waals surface area contributed by atoms with Crippen molar-refractivity contribution in [3.05, 3.63) is 46.5 Å². The fourth-order valence-electron chi connectivity index (χ4n) is 2.45. The van der Waals surface area contributed by atoms with Gasteiger partial charge in [0.15, 0.2) is 0 Å². The fraction of sp³-hybridized carbons (Fsp3) is 0.526. The number of carbonyl (C=O) groups is 1. The van der Waals surface area contributed by atoms with Crippen LogP contribution in [0, 0.1) is 0 Å². The van der Waals surface area contributed by atoms with Crippen LogP contribution in [0.3, 0.4) is 0 Å². The summed E-state index contributed by atoms with van der Waals surface area (Å²) in [6.07, 6.45) is 2.04. The topological polar surface area (TPSA) is 26.3 Å². The first kappa shape index (κ1) is 17.5. The summed E-state index contributed by atoms with van der Waals surface area (Å²) in [5, 5.41) is 0. The lowest BCUT2D eigenvalue weighted by atomic mass is 9.90. The highest BCUT2D eigenvalue weighted by Gasteiger charge is 2.12. The average molecular weight is 288 g/mol. The number of benzene rings is 1. The Kier molecular flexibility index (Phi) is 6.67. The quantitative estimate of drug-likeness (QED) is 0.531. The second-order valence-corrected chi connectivity index (χ2v) is 5.98. The van der Waals surface area contributed by atoms with Crippen molar-refractivity contribution in [1.82, 2.24) is 0 Å². The largest absolute Gasteiger partial charge is 0.466 e. The third kappa shape index (κ3) is 4.73. The smallest absolute Gasteiger partial charge is 0.333 e. The molecule has 0 saturated carbocycles. The zero-order chi connectivity index (χ0) is 16.0. The first-order valence-corrected chi connectivity index (χ1v) is 7.75. The highest BCUT2D eigenvalue weighted by molar-refractivity contribution is 5.88. The Morgan fingerprint density at radius 2 is 1.52 bits per heavy atom. The van der Waals surface area contributed by atoms with Gasteiger partial charge < -0.3 is 4.74 Å². The van der Waals surface area contributed by atoms with Crippen molar-refractivity contribution in [3.8, 4) is 0 Å². The number of ether oxygens (including phenoxy) is 1. The van der Waals surface area contributed by atoms with Crippen LogP contribution >= 0.6 is 0 Å². The minimum Gasteiger partial charge on any atom is -0.466 e. The van der Waals surface area contributed by atoms with Crippen LogP contribution < -0.4 is 0 Å². The molecule has 2 nitrogen and oxygen atoms in total. The van der Waals surface area contributed by atoms with Crippen molar-refractivity contribution in [2.45, 2.75) is 59.3 Å². The summed E-state index contributed by atoms with van der Waals surface area (Å²) >= 11 is 0. The monoisotopic (exact) mass is 288 g/mol. The predicted octanol–water partition coefficient (Wildman–Crippen LogP) is 5.20. The second kappa shape index (κ2) is 8.02. The van der Waals surface area contributed by atoms with Crippen LogP contribution in [0.2, 0.25) is 0 Å². The van der Waals surface area contributed by atoms with Crippen molar-refractivity contribution in [1.29, 1.82) is 0 Å². The van der Waals surface area contributed by atoms with Gasteiger partial charge in [0.25, 0.3) is 0 Å². The molecule has 0 aromatic heterocycles. The van der Waals surface area contributed by atoms with Crippen molar-refractivity contribution in [3.63, 3.8) is 0 Å². The maximum absolute atomic E-state index is 11.5. The van der Waals surface area contributed by atoms with Gasteiger partial charge in [-0.2, -0.15) is 0 Å². The van der Waals surface area contributed by atoms with Crippen LogP contribution in [0.15, 0.2) is 35.4 Å². The molecule has 116 valence electrons. The first-order chi connectivity index (χ1) is 9.90. The van der Waals surface area contributed by atoms with Crippen LogP contribution in [0.4, 0.5) is 0 Å². The SMILES string of the molecule is CCC(C)c1ccc(C(C)C/C(C)=C(/C)C(=O)OC)cc1. The predicted molar refractivity (Wildman–Crippen MR) is 88.6 cm³/mol. The molecule has 1 rings (SSSR count). The minimum atomic E-state index is -0.230. The van der Waals surface area contributed by atoms with Gasteiger partial charge in [-0.05, 0) is 49.7 Å². The molecule has 0 aliphatic carbocycles. The summed E-state index contributed by atoms with van der Waals surface area (Å²) in [4.78, 5) is 11.5. The van der Waals surface area contributed by atoms with Crippen LogP contribution in [0.5, 0.6) is 0 Å². The molecule has 2 unspecified atom stereocenters. The van der Waals surface area contributed by atoms with Crippen LogP contribution in [0.1, 0.15) is 70.4 Å². The van der Waals surface area contributed by atoms with Crippen molar-refractivity contribution in [2.75, 3.05) is 7.11 Å². The molecule has 1 aromatic rings. The number of methoxy groups -OCH3 is 1. The third-order valence-corrected chi connectivity index (χ3v) is 4.43. The van der Waals surface area contributed by atoms with Gasteiger partial charge in [0, 0.05) is 5.57 Å². The molecule has 0 amide bonds. The Labute approximate surface area is 129 Å². The van der Waals surface area contributed by atoms with E-state index in [4.69, 9.17) is 4.74 Å². The maximum Gasteiger partial charge on any atom is 0.333 e. The fourth-order valence-corrected chi connectivity index (χ4v) is 2.45. The highest BCUT2D eigenvalue weighted by Crippen LogP contribution is 2.27. The van der Waals surface area contributed by atoms with Crippen molar-refractivity contribution >= 4 is 5.97 Å². The third-order valence-electron chi connectivity index (χ3n) is 4.43. The molecule has 0 spiro atoms. The lowest BCUT2D eigenvalue weighted by Crippen LogP contribution is -2.05. The molecule has 0 radical (unpaired) electrons. The summed E-state index contributed by atoms with van der Waals surface area (Å²) in [5.41, 5.74) is 4.53. The van der Waals surface area contributed by atoms with Crippen LogP contribution in [-0.4, -0.2) is 13.1 Å². The number of esters is 1. The van der Waals surface area contributed by atoms with Gasteiger partial charge in [0.2, 0.25) is 0 Å². The van der Waals surface area contributed by atoms with E-state index in [0.29, 0.717) is 11.8 Å². The molecule has 0 saturated heterocycles. The maximum atomic E-state index is 11.5. The Bertz CT molecular complexity index is 497. The van der Waals surface area contributed by atoms with Gasteiger partial charge in [-0.25, -0.2) is 4.79 Å². The van der Waals surface area contributed by atoms with Gasteiger partial charge in [0.05, 0.1) is 7.11 Å². The zero-order valence-corrected chi connectivity index (χ0v) is 14.2. The van der Waals surface area contributed by atoms with E-state index < -0.39 is 0 Å². The molecular weight excluding hydrogens is 260 g/mol. The Morgan fingerprint density at radius 3 is 1.95 bits per heavy atom. The molecule has 21 heavy (non-hydrogen) atoms. The molecule has 1 aromatic carbocycles. The minimum absolute atomic E-state index is 0.230. The Hall–Kier alpha value is -1.57. The Balaban J connectivity index is 2.80. The summed E-state index contributed by atoms with van der Waals surface area (Å²) in [5.74, 6) is 0.778. The molecule has 2 heteroatoms. The molecule has 2 atom stereocenters. The Morgan fingerprint density at radius 1 is 1.05 bits per heavy atom. The van der Waals surface area contributed by atoms with Crippen LogP contribution in [0.25, 0.3) is 0 Å². The van der Waals surface area contributed by atoms with Crippen LogP contribution in [-0.2, 0) is 9.53 Å². The van der Waals surface area contributed by atoms with E-state index in [1.54, 1.807) is 0 Å². The summed E-state index contributed by atoms with van der Waals surface area (Å²) in [6.45, 7) is 10.5. The second-order valence-electron chi connectivity index (χ2n) is 5.98. The molecule has 0 fully saturated rings. The normalized spacial score (nSPS) is 15.1. The van der Waals surface area contributed by atoms with Gasteiger partial charge >= 0.3 is 5.97 Å². The number of carbonyl (C=O) groups excluding carboxylic acids is 1. The van der Waals surface area contributed by atoms with E-state index in [9.17, 15) is 4.79 Å². The molecular formula is C19H28O2. The van der Waals surface area contributed by atoms with Crippen molar-refractivity contribution < 1.29 is 9.53 Å². The number of hydrogen-bond donors (Lipinski definition) is 0. The van der Waals surface area contributed by atoms with Gasteiger partial charge in [-0.15, -0.1) is 0 Å². The number of rotatable bonds is 6. The van der Waals surface area contributed by atoms with E-state index in [0.717, 1.165) is 24.0 Å². The molecule has 0 aliphatic heterocycles. The van der Waals surface area contributed by atoms with Gasteiger partial charge in [-0.3, -0.25) is 0 Å². The molecule has 0 heterocycles. The summed E-state index contributed by atoms with van der Waals surface area (Å²) in [7, 11) is 1.43. The number of hydrogen-bond acceptors (Lipinski definition) is 2. The number of allylic oxidation sites excluding steroid dienone is 1. The van der Waals surface area contributed by atoms with E-state index in [1.807, 2.05) is 13.8 Å². The van der Waals surface area contributed by atoms with Gasteiger partial charge in [0.1, 0.15) is 0 Å². The van der Waals surface area contributed by atoms with E-state index in [2.05, 4.69) is 45.0 Å². The van der Waals surface area contributed by atoms with E-state index in [1.165, 1.54) is 18.2 Å². The van der Waals surface area contributed by atoms with E-state index >= 15 is 0 Å². The first-order valence-electron chi connectivity index (χ1n) is 7.75. The summed E-state index contributed by atoms with van der Waals surface area (Å²) in [6, 6.07) is 8.89. The van der Waals surface area contributed by atoms with Gasteiger partial charge in [-0.1, -0.05) is 50.6 Å². The average Bonchev–Trinajstić information content (AvgIpc) is 2.52. The zero-order valence-electron chi connectivity index (χ0n) is 14.2. The lowest BCUT2D eigenvalue weighted by molar-refractivity contribution is -0.136. The molecule has 0 bridgehead atoms.